The number of carbonyl (C=O) groups is 1. The molecule has 2 aromatic rings. The molecule has 3 nitrogen and oxygen atoms in total. The topological polar surface area (TPSA) is 39.2 Å². The van der Waals surface area contributed by atoms with Crippen molar-refractivity contribution in [3.63, 3.8) is 0 Å². The molecule has 0 saturated carbocycles. The number of rotatable bonds is 3. The molecule has 0 aliphatic carbocycles. The number of nitrogens with zero attached hydrogens (tertiary/aromatic N) is 1. The summed E-state index contributed by atoms with van der Waals surface area (Å²) in [5, 5.41) is 1.04. The fraction of sp³-hybridized carbons (Fsp3) is 0.444. The molecule has 0 radical (unpaired) electrons. The van der Waals surface area contributed by atoms with Crippen LogP contribution in [-0.2, 0) is 4.74 Å². The average Bonchev–Trinajstić information content (AvgIpc) is 2.44. The largest absolute Gasteiger partial charge is 0.462 e. The molecule has 1 aromatic carbocycles. The molecule has 0 aliphatic heterocycles. The maximum absolute atomic E-state index is 11.9. The molecule has 0 fully saturated rings. The van der Waals surface area contributed by atoms with Crippen molar-refractivity contribution in [2.75, 3.05) is 6.61 Å². The lowest BCUT2D eigenvalue weighted by Gasteiger charge is -2.19. The van der Waals surface area contributed by atoms with Crippen molar-refractivity contribution >= 4 is 16.9 Å². The lowest BCUT2D eigenvalue weighted by molar-refractivity contribution is 0.0526. The zero-order valence-electron chi connectivity index (χ0n) is 13.7. The number of aromatic nitrogens is 1. The lowest BCUT2D eigenvalue weighted by atomic mass is 9.87. The van der Waals surface area contributed by atoms with E-state index in [4.69, 9.17) is 4.74 Å². The van der Waals surface area contributed by atoms with Gasteiger partial charge >= 0.3 is 5.97 Å². The van der Waals surface area contributed by atoms with Crippen molar-refractivity contribution in [2.24, 2.45) is 0 Å². The molecule has 0 aliphatic rings. The van der Waals surface area contributed by atoms with Crippen LogP contribution in [0.2, 0.25) is 0 Å². The average molecular weight is 285 g/mol. The number of hydrogen-bond donors (Lipinski definition) is 0. The quantitative estimate of drug-likeness (QED) is 0.782. The zero-order valence-corrected chi connectivity index (χ0v) is 13.7. The predicted octanol–water partition coefficient (Wildman–Crippen LogP) is 4.46. The molecule has 112 valence electrons. The van der Waals surface area contributed by atoms with Gasteiger partial charge in [0.25, 0.3) is 0 Å². The molecule has 0 saturated heterocycles. The van der Waals surface area contributed by atoms with Crippen molar-refractivity contribution in [3.05, 3.63) is 40.1 Å². The summed E-state index contributed by atoms with van der Waals surface area (Å²) in [4.78, 5) is 16.4. The van der Waals surface area contributed by atoms with Gasteiger partial charge in [-0.2, -0.15) is 0 Å². The van der Waals surface area contributed by atoms with E-state index in [2.05, 4.69) is 39.6 Å². The minimum Gasteiger partial charge on any atom is -0.462 e. The minimum absolute atomic E-state index is 0.311. The smallest absolute Gasteiger partial charge is 0.339 e. The highest BCUT2D eigenvalue weighted by molar-refractivity contribution is 5.96. The van der Waals surface area contributed by atoms with Crippen molar-refractivity contribution < 1.29 is 9.53 Å². The summed E-state index contributed by atoms with van der Waals surface area (Å²) in [7, 11) is 0. The van der Waals surface area contributed by atoms with Gasteiger partial charge in [0.05, 0.1) is 17.7 Å². The number of fused-ring (bicyclic) bond motifs is 1. The summed E-state index contributed by atoms with van der Waals surface area (Å²) in [6.07, 6.45) is 1.62. The van der Waals surface area contributed by atoms with E-state index in [0.29, 0.717) is 18.1 Å². The predicted molar refractivity (Wildman–Crippen MR) is 86.0 cm³/mol. The lowest BCUT2D eigenvalue weighted by Crippen LogP contribution is -2.07. The van der Waals surface area contributed by atoms with Gasteiger partial charge in [-0.3, -0.25) is 4.98 Å². The number of pyridine rings is 1. The summed E-state index contributed by atoms with van der Waals surface area (Å²) in [6.45, 7) is 12.9. The summed E-state index contributed by atoms with van der Waals surface area (Å²) in [5.41, 5.74) is 6.55. The van der Waals surface area contributed by atoms with Crippen molar-refractivity contribution in [1.29, 1.82) is 0 Å². The third-order valence-electron chi connectivity index (χ3n) is 4.11. The van der Waals surface area contributed by atoms with Gasteiger partial charge in [-0.1, -0.05) is 13.8 Å². The first-order valence-corrected chi connectivity index (χ1v) is 7.45. The monoisotopic (exact) mass is 285 g/mol. The highest BCUT2D eigenvalue weighted by atomic mass is 16.5. The van der Waals surface area contributed by atoms with Crippen LogP contribution < -0.4 is 0 Å². The van der Waals surface area contributed by atoms with Crippen LogP contribution in [0.25, 0.3) is 10.9 Å². The van der Waals surface area contributed by atoms with E-state index in [0.717, 1.165) is 10.9 Å². The van der Waals surface area contributed by atoms with Crippen molar-refractivity contribution in [2.45, 2.75) is 47.5 Å². The third kappa shape index (κ3) is 2.65. The number of aryl methyl sites for hydroxylation is 2. The Morgan fingerprint density at radius 2 is 1.86 bits per heavy atom. The van der Waals surface area contributed by atoms with Gasteiger partial charge in [0.15, 0.2) is 0 Å². The fourth-order valence-corrected chi connectivity index (χ4v) is 3.05. The minimum atomic E-state index is -0.311. The maximum atomic E-state index is 11.9. The molecule has 0 amide bonds. The number of benzene rings is 1. The van der Waals surface area contributed by atoms with Crippen LogP contribution in [0.5, 0.6) is 0 Å². The summed E-state index contributed by atoms with van der Waals surface area (Å²) >= 11 is 0. The molecular weight excluding hydrogens is 262 g/mol. The van der Waals surface area contributed by atoms with Gasteiger partial charge < -0.3 is 4.74 Å². The van der Waals surface area contributed by atoms with E-state index < -0.39 is 0 Å². The first-order valence-electron chi connectivity index (χ1n) is 7.45. The van der Waals surface area contributed by atoms with Gasteiger partial charge in [-0.15, -0.1) is 0 Å². The van der Waals surface area contributed by atoms with Crippen LogP contribution in [-0.4, -0.2) is 17.6 Å². The highest BCUT2D eigenvalue weighted by Crippen LogP contribution is 2.33. The van der Waals surface area contributed by atoms with E-state index in [1.165, 1.54) is 22.3 Å². The van der Waals surface area contributed by atoms with Gasteiger partial charge in [-0.25, -0.2) is 4.79 Å². The van der Waals surface area contributed by atoms with Gasteiger partial charge in [0, 0.05) is 11.6 Å². The van der Waals surface area contributed by atoms with Gasteiger partial charge in [0.1, 0.15) is 0 Å². The molecule has 2 rings (SSSR count). The van der Waals surface area contributed by atoms with Crippen LogP contribution in [0.4, 0.5) is 0 Å². The highest BCUT2D eigenvalue weighted by Gasteiger charge is 2.17. The summed E-state index contributed by atoms with van der Waals surface area (Å²) in [6, 6.07) is 1.90. The van der Waals surface area contributed by atoms with Crippen LogP contribution in [0, 0.1) is 20.8 Å². The number of ether oxygens (including phenoxy) is 1. The fourth-order valence-electron chi connectivity index (χ4n) is 3.05. The second kappa shape index (κ2) is 5.84. The van der Waals surface area contributed by atoms with E-state index in [9.17, 15) is 4.79 Å². The van der Waals surface area contributed by atoms with Gasteiger partial charge in [0.2, 0.25) is 0 Å². The van der Waals surface area contributed by atoms with E-state index in [1.807, 2.05) is 6.07 Å². The van der Waals surface area contributed by atoms with Crippen LogP contribution in [0.15, 0.2) is 12.3 Å². The first kappa shape index (κ1) is 15.5. The summed E-state index contributed by atoms with van der Waals surface area (Å²) < 4.78 is 5.06. The molecule has 0 bridgehead atoms. The molecule has 0 N–H and O–H groups in total. The van der Waals surface area contributed by atoms with Crippen molar-refractivity contribution in [1.82, 2.24) is 4.98 Å². The molecule has 0 spiro atoms. The standard InChI is InChI=1S/C18H23NO2/c1-7-21-18(20)14-8-15-11(4)12(5)16(10(2)3)13(6)17(15)19-9-14/h8-10H,7H2,1-6H3. The van der Waals surface area contributed by atoms with Crippen LogP contribution >= 0.6 is 0 Å². The zero-order chi connectivity index (χ0) is 15.7. The van der Waals surface area contributed by atoms with Gasteiger partial charge in [-0.05, 0) is 61.9 Å². The molecule has 3 heteroatoms. The maximum Gasteiger partial charge on any atom is 0.339 e. The first-order chi connectivity index (χ1) is 9.88. The van der Waals surface area contributed by atoms with Crippen LogP contribution in [0.3, 0.4) is 0 Å². The van der Waals surface area contributed by atoms with E-state index in [1.54, 1.807) is 13.1 Å². The molecule has 0 unspecified atom stereocenters. The molecule has 21 heavy (non-hydrogen) atoms. The van der Waals surface area contributed by atoms with E-state index in [-0.39, 0.29) is 5.97 Å². The second-order valence-electron chi connectivity index (χ2n) is 5.78. The Kier molecular flexibility index (Phi) is 4.31. The second-order valence-corrected chi connectivity index (χ2v) is 5.78. The SMILES string of the molecule is CCOC(=O)c1cnc2c(C)c(C(C)C)c(C)c(C)c2c1. The molecular formula is C18H23NO2. The van der Waals surface area contributed by atoms with Crippen LogP contribution in [0.1, 0.15) is 59.3 Å². The van der Waals surface area contributed by atoms with E-state index >= 15 is 0 Å². The Bertz CT molecular complexity index is 702. The molecule has 0 atom stereocenters. The Balaban J connectivity index is 2.72. The Morgan fingerprint density at radius 1 is 1.19 bits per heavy atom. The Labute approximate surface area is 126 Å². The number of esters is 1. The Morgan fingerprint density at radius 3 is 2.43 bits per heavy atom. The third-order valence-corrected chi connectivity index (χ3v) is 4.11. The Hall–Kier alpha value is -1.90. The normalized spacial score (nSPS) is 11.2. The molecule has 1 aromatic heterocycles. The van der Waals surface area contributed by atoms with Crippen molar-refractivity contribution in [3.8, 4) is 0 Å². The summed E-state index contributed by atoms with van der Waals surface area (Å²) in [5.74, 6) is 0.147. The molecule has 1 heterocycles. The number of hydrogen-bond acceptors (Lipinski definition) is 3. The number of carbonyl (C=O) groups excluding carboxylic acids is 1.